The molecule has 0 fully saturated rings. The molecule has 2 aromatic rings. The molecule has 1 aromatic heterocycles. The van der Waals surface area contributed by atoms with Crippen LogP contribution in [-0.2, 0) is 14.8 Å². The number of anilines is 2. The summed E-state index contributed by atoms with van der Waals surface area (Å²) >= 11 is 5.77. The summed E-state index contributed by atoms with van der Waals surface area (Å²) < 4.78 is 31.2. The maximum absolute atomic E-state index is 12.5. The van der Waals surface area contributed by atoms with E-state index in [9.17, 15) is 13.2 Å². The third-order valence-corrected chi connectivity index (χ3v) is 5.74. The first-order valence-corrected chi connectivity index (χ1v) is 9.76. The Hall–Kier alpha value is -2.36. The predicted molar refractivity (Wildman–Crippen MR) is 105 cm³/mol. The summed E-state index contributed by atoms with van der Waals surface area (Å²) in [5.41, 5.74) is 0.461. The van der Waals surface area contributed by atoms with Gasteiger partial charge in [-0.3, -0.25) is 4.79 Å². The van der Waals surface area contributed by atoms with Crippen LogP contribution in [0, 0.1) is 0 Å². The van der Waals surface area contributed by atoms with Crippen molar-refractivity contribution in [3.8, 4) is 5.75 Å². The molecule has 0 spiro atoms. The largest absolute Gasteiger partial charge is 0.495 e. The first kappa shape index (κ1) is 20.9. The first-order valence-electron chi connectivity index (χ1n) is 7.94. The third kappa shape index (κ3) is 5.09. The molecule has 0 bridgehead atoms. The summed E-state index contributed by atoms with van der Waals surface area (Å²) in [6, 6.07) is 7.15. The number of nitrogens with zero attached hydrogens (tertiary/aromatic N) is 2. The topological polar surface area (TPSA) is 101 Å². The van der Waals surface area contributed by atoms with E-state index in [-0.39, 0.29) is 16.6 Å². The molecular weight excluding hydrogens is 392 g/mol. The van der Waals surface area contributed by atoms with E-state index >= 15 is 0 Å². The number of rotatable bonds is 7. The molecule has 0 aliphatic rings. The fourth-order valence-corrected chi connectivity index (χ4v) is 3.35. The number of amides is 1. The van der Waals surface area contributed by atoms with Gasteiger partial charge >= 0.3 is 0 Å². The number of nitrogens with one attached hydrogen (secondary N) is 2. The van der Waals surface area contributed by atoms with Crippen molar-refractivity contribution in [2.24, 2.45) is 0 Å². The SMILES string of the molecule is COc1ccc(N[C@@H](C)C(=O)Nc2ccc(Cl)cn2)cc1S(=O)(=O)N(C)C. The van der Waals surface area contributed by atoms with Crippen molar-refractivity contribution in [2.45, 2.75) is 17.9 Å². The minimum absolute atomic E-state index is 0.00646. The summed E-state index contributed by atoms with van der Waals surface area (Å²) in [6.45, 7) is 1.65. The van der Waals surface area contributed by atoms with Crippen LogP contribution in [-0.4, -0.2) is 50.9 Å². The van der Waals surface area contributed by atoms with E-state index in [1.54, 1.807) is 25.1 Å². The van der Waals surface area contributed by atoms with Crippen LogP contribution < -0.4 is 15.4 Å². The highest BCUT2D eigenvalue weighted by Crippen LogP contribution is 2.29. The molecule has 0 aliphatic heterocycles. The first-order chi connectivity index (χ1) is 12.6. The van der Waals surface area contributed by atoms with Gasteiger partial charge in [-0.2, -0.15) is 0 Å². The maximum Gasteiger partial charge on any atom is 0.247 e. The van der Waals surface area contributed by atoms with Gasteiger partial charge in [0.2, 0.25) is 15.9 Å². The molecule has 8 nitrogen and oxygen atoms in total. The van der Waals surface area contributed by atoms with Gasteiger partial charge in [-0.05, 0) is 37.3 Å². The Bertz CT molecular complexity index is 917. The summed E-state index contributed by atoms with van der Waals surface area (Å²) in [5.74, 6) is 0.248. The van der Waals surface area contributed by atoms with Crippen LogP contribution in [0.5, 0.6) is 5.75 Å². The fourth-order valence-electron chi connectivity index (χ4n) is 2.16. The number of ether oxygens (including phenoxy) is 1. The molecule has 1 atom stereocenters. The number of carbonyl (C=O) groups excluding carboxylic acids is 1. The molecule has 10 heteroatoms. The van der Waals surface area contributed by atoms with Crippen molar-refractivity contribution in [1.29, 1.82) is 0 Å². The smallest absolute Gasteiger partial charge is 0.247 e. The molecule has 0 radical (unpaired) electrons. The number of carbonyl (C=O) groups is 1. The van der Waals surface area contributed by atoms with Gasteiger partial charge in [0.05, 0.1) is 12.1 Å². The van der Waals surface area contributed by atoms with Crippen LogP contribution in [0.3, 0.4) is 0 Å². The molecule has 1 heterocycles. The Kier molecular flexibility index (Phi) is 6.63. The highest BCUT2D eigenvalue weighted by Gasteiger charge is 2.23. The zero-order valence-electron chi connectivity index (χ0n) is 15.4. The standard InChI is InChI=1S/C17H21ClN4O4S/c1-11(17(23)21-16-8-5-12(18)10-19-16)20-13-6-7-14(26-4)15(9-13)27(24,25)22(2)3/h5-11,20H,1-4H3,(H,19,21,23)/t11-/m0/s1. The van der Waals surface area contributed by atoms with Crippen molar-refractivity contribution in [2.75, 3.05) is 31.8 Å². The molecule has 27 heavy (non-hydrogen) atoms. The lowest BCUT2D eigenvalue weighted by Gasteiger charge is -2.18. The zero-order chi connectivity index (χ0) is 20.2. The van der Waals surface area contributed by atoms with Gasteiger partial charge in [0.1, 0.15) is 22.5 Å². The van der Waals surface area contributed by atoms with Gasteiger partial charge < -0.3 is 15.4 Å². The lowest BCUT2D eigenvalue weighted by atomic mass is 10.2. The Morgan fingerprint density at radius 1 is 1.26 bits per heavy atom. The van der Waals surface area contributed by atoms with E-state index in [0.29, 0.717) is 16.5 Å². The van der Waals surface area contributed by atoms with Crippen molar-refractivity contribution in [3.05, 3.63) is 41.6 Å². The number of hydrogen-bond donors (Lipinski definition) is 2. The van der Waals surface area contributed by atoms with Crippen LogP contribution >= 0.6 is 11.6 Å². The van der Waals surface area contributed by atoms with Gasteiger partial charge in [-0.25, -0.2) is 17.7 Å². The second-order valence-electron chi connectivity index (χ2n) is 5.87. The lowest BCUT2D eigenvalue weighted by molar-refractivity contribution is -0.116. The normalized spacial score (nSPS) is 12.5. The minimum atomic E-state index is -3.71. The van der Waals surface area contributed by atoms with Gasteiger partial charge in [0.25, 0.3) is 0 Å². The molecule has 0 saturated heterocycles. The number of sulfonamides is 1. The summed E-state index contributed by atoms with van der Waals surface area (Å²) in [6.07, 6.45) is 1.43. The molecular formula is C17H21ClN4O4S. The summed E-state index contributed by atoms with van der Waals surface area (Å²) in [5, 5.41) is 6.09. The highest BCUT2D eigenvalue weighted by molar-refractivity contribution is 7.89. The average molecular weight is 413 g/mol. The molecule has 2 rings (SSSR count). The van der Waals surface area contributed by atoms with Crippen molar-refractivity contribution < 1.29 is 17.9 Å². The van der Waals surface area contributed by atoms with E-state index < -0.39 is 16.1 Å². The Morgan fingerprint density at radius 2 is 1.96 bits per heavy atom. The van der Waals surface area contributed by atoms with E-state index in [4.69, 9.17) is 16.3 Å². The van der Waals surface area contributed by atoms with Crippen molar-refractivity contribution in [3.63, 3.8) is 0 Å². The second-order valence-corrected chi connectivity index (χ2v) is 8.43. The fraction of sp³-hybridized carbons (Fsp3) is 0.294. The number of pyridine rings is 1. The Morgan fingerprint density at radius 3 is 2.52 bits per heavy atom. The average Bonchev–Trinajstić information content (AvgIpc) is 2.63. The number of methoxy groups -OCH3 is 1. The quantitative estimate of drug-likeness (QED) is 0.724. The van der Waals surface area contributed by atoms with E-state index in [2.05, 4.69) is 15.6 Å². The minimum Gasteiger partial charge on any atom is -0.495 e. The highest BCUT2D eigenvalue weighted by atomic mass is 35.5. The van der Waals surface area contributed by atoms with Gasteiger partial charge in [-0.15, -0.1) is 0 Å². The van der Waals surface area contributed by atoms with Gasteiger partial charge in [0, 0.05) is 26.0 Å². The van der Waals surface area contributed by atoms with Crippen molar-refractivity contribution >= 4 is 39.0 Å². The summed E-state index contributed by atoms with van der Waals surface area (Å²) in [7, 11) is 0.559. The van der Waals surface area contributed by atoms with Crippen LogP contribution in [0.25, 0.3) is 0 Å². The number of halogens is 1. The van der Waals surface area contributed by atoms with Gasteiger partial charge in [-0.1, -0.05) is 11.6 Å². The molecule has 1 aromatic carbocycles. The predicted octanol–water partition coefficient (Wildman–Crippen LogP) is 2.43. The summed E-state index contributed by atoms with van der Waals surface area (Å²) in [4.78, 5) is 16.3. The van der Waals surface area contributed by atoms with E-state index in [1.807, 2.05) is 0 Å². The molecule has 2 N–H and O–H groups in total. The monoisotopic (exact) mass is 412 g/mol. The van der Waals surface area contributed by atoms with E-state index in [1.165, 1.54) is 39.5 Å². The maximum atomic E-state index is 12.5. The number of benzene rings is 1. The Labute approximate surface area is 163 Å². The lowest BCUT2D eigenvalue weighted by Crippen LogP contribution is -2.32. The molecule has 0 unspecified atom stereocenters. The van der Waals surface area contributed by atoms with Crippen LogP contribution in [0.2, 0.25) is 5.02 Å². The van der Waals surface area contributed by atoms with Crippen LogP contribution in [0.4, 0.5) is 11.5 Å². The third-order valence-electron chi connectivity index (χ3n) is 3.68. The van der Waals surface area contributed by atoms with Crippen LogP contribution in [0.15, 0.2) is 41.4 Å². The number of hydrogen-bond acceptors (Lipinski definition) is 6. The van der Waals surface area contributed by atoms with E-state index in [0.717, 1.165) is 4.31 Å². The number of aromatic nitrogens is 1. The van der Waals surface area contributed by atoms with Crippen molar-refractivity contribution in [1.82, 2.24) is 9.29 Å². The second kappa shape index (κ2) is 8.55. The zero-order valence-corrected chi connectivity index (χ0v) is 16.9. The Balaban J connectivity index is 2.18. The van der Waals surface area contributed by atoms with Crippen LogP contribution in [0.1, 0.15) is 6.92 Å². The molecule has 146 valence electrons. The molecule has 1 amide bonds. The molecule has 0 aliphatic carbocycles. The molecule has 0 saturated carbocycles. The van der Waals surface area contributed by atoms with Gasteiger partial charge in [0.15, 0.2) is 0 Å².